The highest BCUT2D eigenvalue weighted by Gasteiger charge is 2.21. The molecule has 0 amide bonds. The van der Waals surface area contributed by atoms with Crippen molar-refractivity contribution < 1.29 is 0 Å². The molecule has 0 radical (unpaired) electrons. The molecule has 1 fully saturated rings. The van der Waals surface area contributed by atoms with E-state index in [1.54, 1.807) is 0 Å². The zero-order valence-corrected chi connectivity index (χ0v) is 12.4. The second-order valence-electron chi connectivity index (χ2n) is 6.24. The van der Waals surface area contributed by atoms with Crippen molar-refractivity contribution in [3.63, 3.8) is 0 Å². The number of nitrogen functional groups attached to an aromatic ring is 1. The molecular formula is C17H28N2. The predicted molar refractivity (Wildman–Crippen MR) is 83.2 cm³/mol. The van der Waals surface area contributed by atoms with E-state index in [9.17, 15) is 0 Å². The Morgan fingerprint density at radius 1 is 1.21 bits per heavy atom. The first-order valence-electron chi connectivity index (χ1n) is 7.70. The molecule has 0 spiro atoms. The lowest BCUT2D eigenvalue weighted by Gasteiger charge is -2.33. The highest BCUT2D eigenvalue weighted by Crippen LogP contribution is 2.26. The molecule has 1 aromatic carbocycles. The molecular weight excluding hydrogens is 232 g/mol. The van der Waals surface area contributed by atoms with E-state index in [-0.39, 0.29) is 0 Å². The minimum Gasteiger partial charge on any atom is -0.399 e. The normalized spacial score (nSPS) is 23.7. The van der Waals surface area contributed by atoms with Crippen molar-refractivity contribution in [2.45, 2.75) is 51.5 Å². The molecule has 2 nitrogen and oxygen atoms in total. The summed E-state index contributed by atoms with van der Waals surface area (Å²) in [7, 11) is 2.29. The number of hydrogen-bond acceptors (Lipinski definition) is 2. The molecule has 1 aliphatic rings. The van der Waals surface area contributed by atoms with Gasteiger partial charge in [0.15, 0.2) is 0 Å². The average molecular weight is 260 g/mol. The molecule has 0 aliphatic heterocycles. The molecule has 0 unspecified atom stereocenters. The van der Waals surface area contributed by atoms with Gasteiger partial charge in [0.2, 0.25) is 0 Å². The Morgan fingerprint density at radius 3 is 2.63 bits per heavy atom. The monoisotopic (exact) mass is 260 g/mol. The van der Waals surface area contributed by atoms with Crippen LogP contribution in [-0.4, -0.2) is 24.5 Å². The van der Waals surface area contributed by atoms with Crippen LogP contribution < -0.4 is 5.73 Å². The van der Waals surface area contributed by atoms with Crippen molar-refractivity contribution >= 4 is 5.69 Å². The molecule has 1 aliphatic carbocycles. The zero-order chi connectivity index (χ0) is 13.7. The summed E-state index contributed by atoms with van der Waals surface area (Å²) in [5.74, 6) is 0.942. The lowest BCUT2D eigenvalue weighted by atomic mass is 9.86. The number of rotatable bonds is 5. The van der Waals surface area contributed by atoms with Gasteiger partial charge in [0.05, 0.1) is 0 Å². The zero-order valence-electron chi connectivity index (χ0n) is 12.4. The van der Waals surface area contributed by atoms with Crippen molar-refractivity contribution in [2.75, 3.05) is 19.3 Å². The second-order valence-corrected chi connectivity index (χ2v) is 6.24. The Labute approximate surface area is 118 Å². The summed E-state index contributed by atoms with van der Waals surface area (Å²) in [6, 6.07) is 9.11. The van der Waals surface area contributed by atoms with Crippen LogP contribution >= 0.6 is 0 Å². The van der Waals surface area contributed by atoms with E-state index in [4.69, 9.17) is 5.73 Å². The Kier molecular flexibility index (Phi) is 5.26. The predicted octanol–water partition coefficient (Wildman–Crippen LogP) is 3.71. The molecule has 1 aromatic rings. The molecule has 0 heterocycles. The van der Waals surface area contributed by atoms with E-state index >= 15 is 0 Å². The van der Waals surface area contributed by atoms with Crippen LogP contribution in [0.2, 0.25) is 0 Å². The topological polar surface area (TPSA) is 29.3 Å². The maximum atomic E-state index is 5.81. The molecule has 0 aromatic heterocycles. The van der Waals surface area contributed by atoms with E-state index in [0.29, 0.717) is 0 Å². The van der Waals surface area contributed by atoms with Gasteiger partial charge < -0.3 is 10.6 Å². The van der Waals surface area contributed by atoms with E-state index in [2.05, 4.69) is 37.1 Å². The highest BCUT2D eigenvalue weighted by molar-refractivity contribution is 5.40. The minimum atomic E-state index is 0.817. The Bertz CT molecular complexity index is 381. The fraction of sp³-hybridized carbons (Fsp3) is 0.647. The maximum absolute atomic E-state index is 5.81. The third-order valence-electron chi connectivity index (χ3n) is 4.54. The van der Waals surface area contributed by atoms with Gasteiger partial charge in [-0.15, -0.1) is 0 Å². The first-order valence-corrected chi connectivity index (χ1v) is 7.70. The van der Waals surface area contributed by atoms with Gasteiger partial charge in [0, 0.05) is 11.7 Å². The summed E-state index contributed by atoms with van der Waals surface area (Å²) < 4.78 is 0. The van der Waals surface area contributed by atoms with Crippen LogP contribution in [0.1, 0.15) is 44.6 Å². The first kappa shape index (κ1) is 14.4. The van der Waals surface area contributed by atoms with Crippen LogP contribution in [0.4, 0.5) is 5.69 Å². The lowest BCUT2D eigenvalue weighted by Crippen LogP contribution is -2.35. The van der Waals surface area contributed by atoms with Gasteiger partial charge in [-0.1, -0.05) is 19.1 Å². The quantitative estimate of drug-likeness (QED) is 0.818. The number of nitrogens with two attached hydrogens (primary N) is 1. The van der Waals surface area contributed by atoms with Gasteiger partial charge in [-0.25, -0.2) is 0 Å². The van der Waals surface area contributed by atoms with E-state index in [1.165, 1.54) is 44.2 Å². The second kappa shape index (κ2) is 6.95. The molecule has 0 bridgehead atoms. The van der Waals surface area contributed by atoms with Crippen LogP contribution in [0.15, 0.2) is 24.3 Å². The standard InChI is InChI=1S/C17H28N2/c1-14-8-10-17(11-9-14)19(2)12-4-6-15-5-3-7-16(18)13-15/h3,5,7,13-14,17H,4,6,8-12,18H2,1-2H3. The van der Waals surface area contributed by atoms with Crippen LogP contribution in [0.5, 0.6) is 0 Å². The summed E-state index contributed by atoms with van der Waals surface area (Å²) in [5, 5.41) is 0. The van der Waals surface area contributed by atoms with E-state index < -0.39 is 0 Å². The molecule has 1 saturated carbocycles. The van der Waals surface area contributed by atoms with E-state index in [0.717, 1.165) is 24.1 Å². The molecule has 106 valence electrons. The maximum Gasteiger partial charge on any atom is 0.0316 e. The third kappa shape index (κ3) is 4.54. The SMILES string of the molecule is CC1CCC(N(C)CCCc2cccc(N)c2)CC1. The Morgan fingerprint density at radius 2 is 1.95 bits per heavy atom. The van der Waals surface area contributed by atoms with Crippen molar-refractivity contribution in [1.82, 2.24) is 4.90 Å². The van der Waals surface area contributed by atoms with Crippen LogP contribution in [0, 0.1) is 5.92 Å². The molecule has 0 atom stereocenters. The lowest BCUT2D eigenvalue weighted by molar-refractivity contribution is 0.169. The summed E-state index contributed by atoms with van der Waals surface area (Å²) in [6.45, 7) is 3.59. The van der Waals surface area contributed by atoms with Gasteiger partial charge in [-0.2, -0.15) is 0 Å². The van der Waals surface area contributed by atoms with E-state index in [1.807, 2.05) is 6.07 Å². The molecule has 2 heteroatoms. The van der Waals surface area contributed by atoms with Crippen LogP contribution in [-0.2, 0) is 6.42 Å². The Balaban J connectivity index is 1.70. The molecule has 2 N–H and O–H groups in total. The fourth-order valence-electron chi connectivity index (χ4n) is 3.15. The molecule has 2 rings (SSSR count). The number of aryl methyl sites for hydroxylation is 1. The van der Waals surface area contributed by atoms with Crippen molar-refractivity contribution in [3.05, 3.63) is 29.8 Å². The van der Waals surface area contributed by atoms with Gasteiger partial charge >= 0.3 is 0 Å². The number of hydrogen-bond donors (Lipinski definition) is 1. The molecule has 0 saturated heterocycles. The molecule has 19 heavy (non-hydrogen) atoms. The summed E-state index contributed by atoms with van der Waals surface area (Å²) in [5.41, 5.74) is 8.06. The first-order chi connectivity index (χ1) is 9.15. The largest absolute Gasteiger partial charge is 0.399 e. The van der Waals surface area contributed by atoms with Gasteiger partial charge in [0.25, 0.3) is 0 Å². The smallest absolute Gasteiger partial charge is 0.0316 e. The summed E-state index contributed by atoms with van der Waals surface area (Å²) in [6.07, 6.45) is 7.95. The van der Waals surface area contributed by atoms with Gasteiger partial charge in [-0.3, -0.25) is 0 Å². The van der Waals surface area contributed by atoms with Crippen molar-refractivity contribution in [2.24, 2.45) is 5.92 Å². The average Bonchev–Trinajstić information content (AvgIpc) is 2.39. The number of benzene rings is 1. The van der Waals surface area contributed by atoms with Gasteiger partial charge in [-0.05, 0) is 75.7 Å². The summed E-state index contributed by atoms with van der Waals surface area (Å²) >= 11 is 0. The van der Waals surface area contributed by atoms with Crippen LogP contribution in [0.3, 0.4) is 0 Å². The number of anilines is 1. The highest BCUT2D eigenvalue weighted by atomic mass is 15.1. The Hall–Kier alpha value is -1.02. The third-order valence-corrected chi connectivity index (χ3v) is 4.54. The minimum absolute atomic E-state index is 0.817. The van der Waals surface area contributed by atoms with Crippen LogP contribution in [0.25, 0.3) is 0 Å². The van der Waals surface area contributed by atoms with Crippen molar-refractivity contribution in [1.29, 1.82) is 0 Å². The van der Waals surface area contributed by atoms with Crippen molar-refractivity contribution in [3.8, 4) is 0 Å². The number of nitrogens with zero attached hydrogens (tertiary/aromatic N) is 1. The fourth-order valence-corrected chi connectivity index (χ4v) is 3.15. The van der Waals surface area contributed by atoms with Gasteiger partial charge in [0.1, 0.15) is 0 Å². The summed E-state index contributed by atoms with van der Waals surface area (Å²) in [4.78, 5) is 2.57.